The van der Waals surface area contributed by atoms with Crippen LogP contribution in [0, 0.1) is 12.8 Å². The number of halogens is 1. The van der Waals surface area contributed by atoms with E-state index in [1.807, 2.05) is 11.3 Å². The van der Waals surface area contributed by atoms with Gasteiger partial charge in [-0.05, 0) is 47.4 Å². The molecule has 0 spiro atoms. The average molecular weight is 304 g/mol. The highest BCUT2D eigenvalue weighted by Crippen LogP contribution is 2.36. The van der Waals surface area contributed by atoms with Crippen LogP contribution in [0.4, 0.5) is 0 Å². The van der Waals surface area contributed by atoms with Gasteiger partial charge in [0, 0.05) is 23.4 Å². The lowest BCUT2D eigenvalue weighted by Crippen LogP contribution is -2.27. The summed E-state index contributed by atoms with van der Waals surface area (Å²) in [6, 6.07) is 2.75. The maximum Gasteiger partial charge on any atom is 0.0731 e. The van der Waals surface area contributed by atoms with Crippen molar-refractivity contribution in [2.24, 2.45) is 5.92 Å². The van der Waals surface area contributed by atoms with Crippen molar-refractivity contribution in [3.63, 3.8) is 0 Å². The minimum atomic E-state index is 0.461. The summed E-state index contributed by atoms with van der Waals surface area (Å²) in [4.78, 5) is 1.43. The van der Waals surface area contributed by atoms with Gasteiger partial charge in [0.2, 0.25) is 0 Å². The van der Waals surface area contributed by atoms with Crippen LogP contribution < -0.4 is 5.32 Å². The highest BCUT2D eigenvalue weighted by atomic mass is 79.9. The van der Waals surface area contributed by atoms with E-state index < -0.39 is 0 Å². The predicted molar refractivity (Wildman–Crippen MR) is 72.1 cm³/mol. The molecule has 2 heterocycles. The van der Waals surface area contributed by atoms with E-state index >= 15 is 0 Å². The Morgan fingerprint density at radius 1 is 1.69 bits per heavy atom. The highest BCUT2D eigenvalue weighted by Gasteiger charge is 2.27. The molecular weight excluding hydrogens is 286 g/mol. The van der Waals surface area contributed by atoms with Crippen LogP contribution in [0.5, 0.6) is 0 Å². The first-order valence-corrected chi connectivity index (χ1v) is 7.40. The molecule has 2 atom stereocenters. The van der Waals surface area contributed by atoms with Crippen molar-refractivity contribution >= 4 is 27.3 Å². The first-order valence-electron chi connectivity index (χ1n) is 5.79. The minimum absolute atomic E-state index is 0.461. The fourth-order valence-corrected chi connectivity index (χ4v) is 3.91. The molecule has 1 saturated heterocycles. The summed E-state index contributed by atoms with van der Waals surface area (Å²) in [5.41, 5.74) is 1.34. The standard InChI is InChI=1S/C12H18BrNOS/c1-3-14-11(9-4-5-15-7-9)10-6-8(2)12(13)16-10/h6,9,11,14H,3-5,7H2,1-2H3. The number of nitrogens with one attached hydrogen (secondary N) is 1. The third-order valence-corrected chi connectivity index (χ3v) is 5.26. The van der Waals surface area contributed by atoms with E-state index in [2.05, 4.69) is 41.2 Å². The van der Waals surface area contributed by atoms with Gasteiger partial charge in [0.15, 0.2) is 0 Å². The first kappa shape index (κ1) is 12.6. The van der Waals surface area contributed by atoms with Crippen LogP contribution in [0.1, 0.15) is 29.8 Å². The van der Waals surface area contributed by atoms with Crippen molar-refractivity contribution in [3.8, 4) is 0 Å². The minimum Gasteiger partial charge on any atom is -0.381 e. The van der Waals surface area contributed by atoms with E-state index in [0.717, 1.165) is 19.8 Å². The number of hydrogen-bond acceptors (Lipinski definition) is 3. The van der Waals surface area contributed by atoms with E-state index in [-0.39, 0.29) is 0 Å². The molecule has 0 saturated carbocycles. The molecule has 1 aliphatic rings. The van der Waals surface area contributed by atoms with Crippen molar-refractivity contribution < 1.29 is 4.74 Å². The second-order valence-electron chi connectivity index (χ2n) is 4.26. The van der Waals surface area contributed by atoms with Crippen molar-refractivity contribution in [2.45, 2.75) is 26.3 Å². The van der Waals surface area contributed by atoms with Crippen LogP contribution in [-0.4, -0.2) is 19.8 Å². The largest absolute Gasteiger partial charge is 0.381 e. The molecule has 1 N–H and O–H groups in total. The monoisotopic (exact) mass is 303 g/mol. The maximum absolute atomic E-state index is 5.50. The Morgan fingerprint density at radius 2 is 2.50 bits per heavy atom. The first-order chi connectivity index (χ1) is 7.72. The Morgan fingerprint density at radius 3 is 3.00 bits per heavy atom. The van der Waals surface area contributed by atoms with E-state index in [1.165, 1.54) is 20.6 Å². The van der Waals surface area contributed by atoms with E-state index in [9.17, 15) is 0 Å². The Bertz CT molecular complexity index is 327. The highest BCUT2D eigenvalue weighted by molar-refractivity contribution is 9.11. The van der Waals surface area contributed by atoms with Crippen LogP contribution in [-0.2, 0) is 4.74 Å². The average Bonchev–Trinajstić information content (AvgIpc) is 2.86. The van der Waals surface area contributed by atoms with Gasteiger partial charge in [-0.25, -0.2) is 0 Å². The van der Waals surface area contributed by atoms with Crippen molar-refractivity contribution in [1.82, 2.24) is 5.32 Å². The lowest BCUT2D eigenvalue weighted by molar-refractivity contribution is 0.177. The van der Waals surface area contributed by atoms with Crippen LogP contribution in [0.15, 0.2) is 9.85 Å². The predicted octanol–water partition coefficient (Wildman–Crippen LogP) is 3.51. The lowest BCUT2D eigenvalue weighted by Gasteiger charge is -2.21. The lowest BCUT2D eigenvalue weighted by atomic mass is 9.97. The summed E-state index contributed by atoms with van der Waals surface area (Å²) < 4.78 is 6.75. The molecule has 4 heteroatoms. The fourth-order valence-electron chi connectivity index (χ4n) is 2.17. The van der Waals surface area contributed by atoms with Gasteiger partial charge < -0.3 is 10.1 Å². The molecule has 90 valence electrons. The van der Waals surface area contributed by atoms with Gasteiger partial charge in [-0.1, -0.05) is 6.92 Å². The molecule has 1 aromatic rings. The summed E-state index contributed by atoms with van der Waals surface area (Å²) in [5, 5.41) is 3.59. The summed E-state index contributed by atoms with van der Waals surface area (Å²) in [5.74, 6) is 0.630. The third-order valence-electron chi connectivity index (χ3n) is 3.04. The second-order valence-corrected chi connectivity index (χ2v) is 6.67. The van der Waals surface area contributed by atoms with Crippen LogP contribution >= 0.6 is 27.3 Å². The molecule has 2 nitrogen and oxygen atoms in total. The van der Waals surface area contributed by atoms with Crippen molar-refractivity contribution in [3.05, 3.63) is 20.3 Å². The number of aryl methyl sites for hydroxylation is 1. The van der Waals surface area contributed by atoms with Crippen molar-refractivity contribution in [2.75, 3.05) is 19.8 Å². The van der Waals surface area contributed by atoms with Gasteiger partial charge in [-0.3, -0.25) is 0 Å². The molecule has 2 rings (SSSR count). The second kappa shape index (κ2) is 5.63. The van der Waals surface area contributed by atoms with E-state index in [0.29, 0.717) is 12.0 Å². The molecular formula is C12H18BrNOS. The van der Waals surface area contributed by atoms with Crippen LogP contribution in [0.25, 0.3) is 0 Å². The Labute approximate surface area is 110 Å². The smallest absolute Gasteiger partial charge is 0.0731 e. The fraction of sp³-hybridized carbons (Fsp3) is 0.667. The zero-order valence-electron chi connectivity index (χ0n) is 9.75. The van der Waals surface area contributed by atoms with Gasteiger partial charge in [-0.2, -0.15) is 0 Å². The van der Waals surface area contributed by atoms with Crippen LogP contribution in [0.2, 0.25) is 0 Å². The molecule has 0 amide bonds. The Hall–Kier alpha value is 0.1000. The third kappa shape index (κ3) is 2.67. The normalized spacial score (nSPS) is 22.6. The summed E-state index contributed by atoms with van der Waals surface area (Å²) >= 11 is 5.45. The zero-order chi connectivity index (χ0) is 11.5. The van der Waals surface area contributed by atoms with Gasteiger partial charge in [-0.15, -0.1) is 11.3 Å². The van der Waals surface area contributed by atoms with Crippen molar-refractivity contribution in [1.29, 1.82) is 0 Å². The summed E-state index contributed by atoms with van der Waals surface area (Å²) in [6.45, 7) is 7.14. The molecule has 1 aromatic heterocycles. The molecule has 16 heavy (non-hydrogen) atoms. The molecule has 0 aromatic carbocycles. The van der Waals surface area contributed by atoms with Gasteiger partial charge >= 0.3 is 0 Å². The summed E-state index contributed by atoms with van der Waals surface area (Å²) in [7, 11) is 0. The summed E-state index contributed by atoms with van der Waals surface area (Å²) in [6.07, 6.45) is 1.17. The Kier molecular flexibility index (Phi) is 4.41. The number of ether oxygens (including phenoxy) is 1. The van der Waals surface area contributed by atoms with Gasteiger partial charge in [0.05, 0.1) is 10.4 Å². The van der Waals surface area contributed by atoms with Gasteiger partial charge in [0.25, 0.3) is 0 Å². The molecule has 1 aliphatic heterocycles. The van der Waals surface area contributed by atoms with E-state index in [1.54, 1.807) is 0 Å². The SMILES string of the molecule is CCNC(c1cc(C)c(Br)s1)C1CCOC1. The topological polar surface area (TPSA) is 21.3 Å². The molecule has 0 bridgehead atoms. The number of thiophene rings is 1. The molecule has 0 radical (unpaired) electrons. The quantitative estimate of drug-likeness (QED) is 0.919. The maximum atomic E-state index is 5.50. The van der Waals surface area contributed by atoms with E-state index in [4.69, 9.17) is 4.74 Å². The number of rotatable bonds is 4. The zero-order valence-corrected chi connectivity index (χ0v) is 12.2. The Balaban J connectivity index is 2.17. The number of hydrogen-bond donors (Lipinski definition) is 1. The molecule has 2 unspecified atom stereocenters. The van der Waals surface area contributed by atoms with Crippen LogP contribution in [0.3, 0.4) is 0 Å². The molecule has 1 fully saturated rings. The molecule has 0 aliphatic carbocycles. The van der Waals surface area contributed by atoms with Gasteiger partial charge in [0.1, 0.15) is 0 Å².